The molecule has 0 aromatic heterocycles. The number of hydrogen-bond acceptors (Lipinski definition) is 2. The standard InChI is InChI=1S/C17H23NO3/c1-16(2)13(9-10-17(16,3)15(20)21)14(19)18-11-12-7-5-4-6-8-12/h4-8,13H,9-11H2,1-3H3,(H,18,19)(H,20,21). The van der Waals surface area contributed by atoms with Gasteiger partial charge in [-0.05, 0) is 30.7 Å². The third-order valence-corrected chi connectivity index (χ3v) is 5.32. The van der Waals surface area contributed by atoms with Crippen molar-refractivity contribution in [2.75, 3.05) is 0 Å². The number of carbonyl (C=O) groups excluding carboxylic acids is 1. The lowest BCUT2D eigenvalue weighted by molar-refractivity contribution is -0.155. The average molecular weight is 289 g/mol. The SMILES string of the molecule is CC1(C(=O)O)CCC(C(=O)NCc2ccccc2)C1(C)C. The van der Waals surface area contributed by atoms with Gasteiger partial charge >= 0.3 is 5.97 Å². The van der Waals surface area contributed by atoms with E-state index in [2.05, 4.69) is 5.32 Å². The van der Waals surface area contributed by atoms with Crippen LogP contribution in [0.25, 0.3) is 0 Å². The first-order valence-electron chi connectivity index (χ1n) is 7.34. The van der Waals surface area contributed by atoms with E-state index in [4.69, 9.17) is 0 Å². The molecule has 1 aromatic rings. The summed E-state index contributed by atoms with van der Waals surface area (Å²) in [6.07, 6.45) is 1.16. The maximum absolute atomic E-state index is 12.4. The van der Waals surface area contributed by atoms with E-state index in [0.29, 0.717) is 19.4 Å². The minimum Gasteiger partial charge on any atom is -0.481 e. The molecule has 0 heterocycles. The summed E-state index contributed by atoms with van der Waals surface area (Å²) in [4.78, 5) is 24.0. The molecule has 1 aliphatic carbocycles. The highest BCUT2D eigenvalue weighted by Crippen LogP contribution is 2.56. The Labute approximate surface area is 125 Å². The molecule has 2 atom stereocenters. The summed E-state index contributed by atoms with van der Waals surface area (Å²) >= 11 is 0. The first-order chi connectivity index (χ1) is 9.79. The third kappa shape index (κ3) is 2.67. The molecular formula is C17H23NO3. The summed E-state index contributed by atoms with van der Waals surface area (Å²) in [6.45, 7) is 6.01. The van der Waals surface area contributed by atoms with Gasteiger partial charge in [0.2, 0.25) is 5.91 Å². The molecule has 2 unspecified atom stereocenters. The van der Waals surface area contributed by atoms with E-state index < -0.39 is 16.8 Å². The number of hydrogen-bond donors (Lipinski definition) is 2. The zero-order valence-corrected chi connectivity index (χ0v) is 12.8. The molecule has 1 aliphatic rings. The number of amides is 1. The first-order valence-corrected chi connectivity index (χ1v) is 7.34. The Morgan fingerprint density at radius 3 is 2.38 bits per heavy atom. The van der Waals surface area contributed by atoms with Crippen molar-refractivity contribution >= 4 is 11.9 Å². The van der Waals surface area contributed by atoms with Gasteiger partial charge in [0.05, 0.1) is 5.41 Å². The number of benzene rings is 1. The molecule has 2 N–H and O–H groups in total. The highest BCUT2D eigenvalue weighted by atomic mass is 16.4. The minimum absolute atomic E-state index is 0.0474. The predicted octanol–water partition coefficient (Wildman–Crippen LogP) is 2.83. The average Bonchev–Trinajstić information content (AvgIpc) is 2.69. The lowest BCUT2D eigenvalue weighted by atomic mass is 9.65. The molecule has 0 aliphatic heterocycles. The Balaban J connectivity index is 2.05. The molecule has 21 heavy (non-hydrogen) atoms. The molecule has 1 aromatic carbocycles. The summed E-state index contributed by atoms with van der Waals surface area (Å²) in [5, 5.41) is 12.4. The summed E-state index contributed by atoms with van der Waals surface area (Å²) in [5.74, 6) is -1.12. The van der Waals surface area contributed by atoms with Gasteiger partial charge in [0.1, 0.15) is 0 Å². The Bertz CT molecular complexity index is 538. The van der Waals surface area contributed by atoms with Gasteiger partial charge in [-0.25, -0.2) is 0 Å². The van der Waals surface area contributed by atoms with Gasteiger partial charge in [-0.2, -0.15) is 0 Å². The second-order valence-electron chi connectivity index (χ2n) is 6.65. The van der Waals surface area contributed by atoms with Crippen LogP contribution in [0.3, 0.4) is 0 Å². The summed E-state index contributed by atoms with van der Waals surface area (Å²) in [5.41, 5.74) is -0.357. The topological polar surface area (TPSA) is 66.4 Å². The van der Waals surface area contributed by atoms with Gasteiger partial charge < -0.3 is 10.4 Å². The Hall–Kier alpha value is -1.84. The second kappa shape index (κ2) is 5.51. The predicted molar refractivity (Wildman–Crippen MR) is 80.5 cm³/mol. The molecule has 4 heteroatoms. The number of rotatable bonds is 4. The van der Waals surface area contributed by atoms with Crippen LogP contribution >= 0.6 is 0 Å². The van der Waals surface area contributed by atoms with Crippen molar-refractivity contribution in [1.29, 1.82) is 0 Å². The third-order valence-electron chi connectivity index (χ3n) is 5.32. The Morgan fingerprint density at radius 1 is 1.24 bits per heavy atom. The van der Waals surface area contributed by atoms with Crippen LogP contribution in [0.4, 0.5) is 0 Å². The van der Waals surface area contributed by atoms with Crippen LogP contribution < -0.4 is 5.32 Å². The minimum atomic E-state index is -0.845. The number of aliphatic carboxylic acids is 1. The van der Waals surface area contributed by atoms with E-state index in [0.717, 1.165) is 5.56 Å². The lowest BCUT2D eigenvalue weighted by Gasteiger charge is -2.37. The Kier molecular flexibility index (Phi) is 4.08. The van der Waals surface area contributed by atoms with Crippen molar-refractivity contribution in [3.05, 3.63) is 35.9 Å². The lowest BCUT2D eigenvalue weighted by Crippen LogP contribution is -2.45. The van der Waals surface area contributed by atoms with E-state index in [-0.39, 0.29) is 11.8 Å². The smallest absolute Gasteiger partial charge is 0.309 e. The molecule has 0 spiro atoms. The maximum Gasteiger partial charge on any atom is 0.309 e. The molecular weight excluding hydrogens is 266 g/mol. The molecule has 114 valence electrons. The van der Waals surface area contributed by atoms with Crippen molar-refractivity contribution in [1.82, 2.24) is 5.32 Å². The molecule has 0 radical (unpaired) electrons. The van der Waals surface area contributed by atoms with Gasteiger partial charge in [0, 0.05) is 12.5 Å². The molecule has 0 bridgehead atoms. The van der Waals surface area contributed by atoms with Crippen LogP contribution in [0, 0.1) is 16.7 Å². The van der Waals surface area contributed by atoms with E-state index in [1.54, 1.807) is 6.92 Å². The summed E-state index contributed by atoms with van der Waals surface area (Å²) in [7, 11) is 0. The van der Waals surface area contributed by atoms with Crippen LogP contribution in [0.5, 0.6) is 0 Å². The van der Waals surface area contributed by atoms with E-state index in [1.165, 1.54) is 0 Å². The zero-order valence-electron chi connectivity index (χ0n) is 12.8. The van der Waals surface area contributed by atoms with Crippen LogP contribution in [0.15, 0.2) is 30.3 Å². The van der Waals surface area contributed by atoms with Gasteiger partial charge in [-0.1, -0.05) is 44.2 Å². The number of carbonyl (C=O) groups is 2. The first kappa shape index (κ1) is 15.5. The molecule has 2 rings (SSSR count). The van der Waals surface area contributed by atoms with Crippen molar-refractivity contribution in [2.45, 2.75) is 40.2 Å². The number of carboxylic acid groups (broad SMARTS) is 1. The number of nitrogens with one attached hydrogen (secondary N) is 1. The fraction of sp³-hybridized carbons (Fsp3) is 0.529. The van der Waals surface area contributed by atoms with Crippen molar-refractivity contribution < 1.29 is 14.7 Å². The molecule has 1 saturated carbocycles. The van der Waals surface area contributed by atoms with Crippen LogP contribution in [-0.4, -0.2) is 17.0 Å². The van der Waals surface area contributed by atoms with Crippen molar-refractivity contribution in [2.24, 2.45) is 16.7 Å². The van der Waals surface area contributed by atoms with E-state index in [1.807, 2.05) is 44.2 Å². The normalized spacial score (nSPS) is 27.3. The highest BCUT2D eigenvalue weighted by molar-refractivity contribution is 5.83. The fourth-order valence-electron chi connectivity index (χ4n) is 3.25. The molecule has 4 nitrogen and oxygen atoms in total. The van der Waals surface area contributed by atoms with Gasteiger partial charge in [-0.15, -0.1) is 0 Å². The summed E-state index contributed by atoms with van der Waals surface area (Å²) < 4.78 is 0. The van der Waals surface area contributed by atoms with Gasteiger partial charge in [-0.3, -0.25) is 9.59 Å². The van der Waals surface area contributed by atoms with Crippen LogP contribution in [0.1, 0.15) is 39.2 Å². The van der Waals surface area contributed by atoms with Crippen molar-refractivity contribution in [3.8, 4) is 0 Å². The number of carboxylic acids is 1. The molecule has 1 amide bonds. The largest absolute Gasteiger partial charge is 0.481 e. The highest BCUT2D eigenvalue weighted by Gasteiger charge is 2.58. The monoisotopic (exact) mass is 289 g/mol. The fourth-order valence-corrected chi connectivity index (χ4v) is 3.25. The zero-order chi connectivity index (χ0) is 15.7. The Morgan fingerprint density at radius 2 is 1.86 bits per heavy atom. The van der Waals surface area contributed by atoms with Gasteiger partial charge in [0.25, 0.3) is 0 Å². The quantitative estimate of drug-likeness (QED) is 0.895. The summed E-state index contributed by atoms with van der Waals surface area (Å²) in [6, 6.07) is 9.72. The second-order valence-corrected chi connectivity index (χ2v) is 6.65. The van der Waals surface area contributed by atoms with Crippen LogP contribution in [-0.2, 0) is 16.1 Å². The molecule has 0 saturated heterocycles. The van der Waals surface area contributed by atoms with Crippen LogP contribution in [0.2, 0.25) is 0 Å². The van der Waals surface area contributed by atoms with Gasteiger partial charge in [0.15, 0.2) is 0 Å². The van der Waals surface area contributed by atoms with Crippen molar-refractivity contribution in [3.63, 3.8) is 0 Å². The molecule has 1 fully saturated rings. The van der Waals surface area contributed by atoms with E-state index >= 15 is 0 Å². The van der Waals surface area contributed by atoms with E-state index in [9.17, 15) is 14.7 Å². The maximum atomic E-state index is 12.4.